The fourth-order valence-electron chi connectivity index (χ4n) is 5.36. The van der Waals surface area contributed by atoms with Crippen molar-refractivity contribution in [3.63, 3.8) is 0 Å². The Morgan fingerprint density at radius 1 is 1.20 bits per heavy atom. The fourth-order valence-corrected chi connectivity index (χ4v) is 5.36. The van der Waals surface area contributed by atoms with Crippen LogP contribution in [0.2, 0.25) is 0 Å². The predicted octanol–water partition coefficient (Wildman–Crippen LogP) is 4.26. The van der Waals surface area contributed by atoms with E-state index in [1.54, 1.807) is 11.8 Å². The summed E-state index contributed by atoms with van der Waals surface area (Å²) < 4.78 is 4.54. The summed E-state index contributed by atoms with van der Waals surface area (Å²) in [4.78, 5) is 30.9. The summed E-state index contributed by atoms with van der Waals surface area (Å²) >= 11 is 0. The molecular weight excluding hydrogens is 442 g/mol. The zero-order chi connectivity index (χ0) is 24.3. The molecule has 0 spiro atoms. The molecule has 0 unspecified atom stereocenters. The molecule has 8 nitrogen and oxygen atoms in total. The maximum Gasteiger partial charge on any atom is 0.404 e. The Hall–Kier alpha value is -3.81. The summed E-state index contributed by atoms with van der Waals surface area (Å²) in [6, 6.07) is 14.4. The van der Waals surface area contributed by atoms with Gasteiger partial charge >= 0.3 is 6.09 Å². The number of hydrogen-bond acceptors (Lipinski definition) is 3. The van der Waals surface area contributed by atoms with Crippen LogP contribution in [0.25, 0.3) is 33.5 Å². The Kier molecular flexibility index (Phi) is 5.05. The van der Waals surface area contributed by atoms with E-state index in [1.807, 2.05) is 13.1 Å². The second kappa shape index (κ2) is 8.15. The van der Waals surface area contributed by atoms with Gasteiger partial charge in [-0.25, -0.2) is 9.78 Å². The molecule has 1 aliphatic carbocycles. The topological polar surface area (TPSA) is 92.4 Å². The number of rotatable bonds is 6. The van der Waals surface area contributed by atoms with Crippen LogP contribution < -0.4 is 5.32 Å². The Morgan fingerprint density at radius 3 is 2.77 bits per heavy atom. The van der Waals surface area contributed by atoms with Gasteiger partial charge in [0, 0.05) is 49.2 Å². The van der Waals surface area contributed by atoms with Gasteiger partial charge in [0.05, 0.1) is 16.7 Å². The maximum atomic E-state index is 13.3. The summed E-state index contributed by atoms with van der Waals surface area (Å²) in [5.74, 6) is 1.57. The molecular formula is C27H29N5O3. The lowest BCUT2D eigenvalue weighted by Gasteiger charge is -2.30. The van der Waals surface area contributed by atoms with Gasteiger partial charge in [-0.05, 0) is 61.9 Å². The highest BCUT2D eigenvalue weighted by molar-refractivity contribution is 6.00. The molecule has 35 heavy (non-hydrogen) atoms. The molecule has 0 radical (unpaired) electrons. The molecule has 2 aromatic heterocycles. The Balaban J connectivity index is 1.39. The van der Waals surface area contributed by atoms with Crippen molar-refractivity contribution in [1.29, 1.82) is 0 Å². The lowest BCUT2D eigenvalue weighted by atomic mass is 9.97. The molecule has 0 saturated heterocycles. The van der Waals surface area contributed by atoms with Gasteiger partial charge in [-0.3, -0.25) is 4.79 Å². The van der Waals surface area contributed by atoms with Crippen molar-refractivity contribution in [3.8, 4) is 11.5 Å². The first-order chi connectivity index (χ1) is 16.9. The molecule has 1 saturated carbocycles. The third-order valence-electron chi connectivity index (χ3n) is 7.32. The first-order valence-electron chi connectivity index (χ1n) is 12.3. The summed E-state index contributed by atoms with van der Waals surface area (Å²) in [5.41, 5.74) is 5.84. The molecule has 2 N–H and O–H groups in total. The van der Waals surface area contributed by atoms with E-state index in [0.717, 1.165) is 47.0 Å². The van der Waals surface area contributed by atoms with E-state index < -0.39 is 6.09 Å². The smallest absolute Gasteiger partial charge is 0.404 e. The normalized spacial score (nSPS) is 16.6. The van der Waals surface area contributed by atoms with Crippen molar-refractivity contribution < 1.29 is 14.7 Å². The maximum absolute atomic E-state index is 13.3. The summed E-state index contributed by atoms with van der Waals surface area (Å²) in [5, 5.41) is 12.6. The van der Waals surface area contributed by atoms with Gasteiger partial charge in [-0.15, -0.1) is 0 Å². The second-order valence-electron chi connectivity index (χ2n) is 9.99. The first kappa shape index (κ1) is 21.7. The number of aryl methyl sites for hydroxylation is 1. The minimum atomic E-state index is -1.08. The van der Waals surface area contributed by atoms with E-state index in [1.165, 1.54) is 23.7 Å². The Bertz CT molecular complexity index is 1480. The number of amides is 2. The number of para-hydroxylation sites is 1. The fraction of sp³-hybridized carbons (Fsp3) is 0.370. The lowest BCUT2D eigenvalue weighted by molar-refractivity contribution is 0.0723. The number of nitrogens with zero attached hydrogens (tertiary/aromatic N) is 4. The van der Waals surface area contributed by atoms with Crippen molar-refractivity contribution in [2.45, 2.75) is 38.8 Å². The summed E-state index contributed by atoms with van der Waals surface area (Å²) in [6.45, 7) is 3.69. The van der Waals surface area contributed by atoms with E-state index in [9.17, 15) is 9.59 Å². The molecule has 2 amide bonds. The van der Waals surface area contributed by atoms with Crippen molar-refractivity contribution in [2.24, 2.45) is 13.0 Å². The van der Waals surface area contributed by atoms with Crippen LogP contribution >= 0.6 is 0 Å². The quantitative estimate of drug-likeness (QED) is 0.440. The van der Waals surface area contributed by atoms with Crippen molar-refractivity contribution >= 4 is 33.9 Å². The van der Waals surface area contributed by atoms with E-state index >= 15 is 0 Å². The van der Waals surface area contributed by atoms with Gasteiger partial charge in [0.15, 0.2) is 5.82 Å². The molecule has 1 aliphatic heterocycles. The number of benzene rings is 2. The van der Waals surface area contributed by atoms with Gasteiger partial charge in [0.25, 0.3) is 5.91 Å². The third kappa shape index (κ3) is 3.83. The van der Waals surface area contributed by atoms with E-state index in [2.05, 4.69) is 50.8 Å². The van der Waals surface area contributed by atoms with Crippen LogP contribution in [0.1, 0.15) is 35.7 Å². The highest BCUT2D eigenvalue weighted by atomic mass is 16.4. The largest absolute Gasteiger partial charge is 0.465 e. The van der Waals surface area contributed by atoms with Gasteiger partial charge < -0.3 is 24.5 Å². The molecule has 3 heterocycles. The van der Waals surface area contributed by atoms with E-state index in [-0.39, 0.29) is 11.9 Å². The molecule has 1 fully saturated rings. The Labute approximate surface area is 203 Å². The number of carbonyl (C=O) groups is 2. The number of hydrogen-bond donors (Lipinski definition) is 2. The first-order valence-corrected chi connectivity index (χ1v) is 12.3. The van der Waals surface area contributed by atoms with Crippen LogP contribution in [0.5, 0.6) is 0 Å². The minimum Gasteiger partial charge on any atom is -0.465 e. The number of nitrogens with one attached hydrogen (secondary N) is 1. The predicted molar refractivity (Wildman–Crippen MR) is 135 cm³/mol. The number of carbonyl (C=O) groups excluding carboxylic acids is 1. The molecule has 4 aromatic rings. The zero-order valence-corrected chi connectivity index (χ0v) is 20.0. The zero-order valence-electron chi connectivity index (χ0n) is 20.0. The van der Waals surface area contributed by atoms with Gasteiger partial charge in [0.2, 0.25) is 0 Å². The van der Waals surface area contributed by atoms with Crippen LogP contribution in [0.3, 0.4) is 0 Å². The summed E-state index contributed by atoms with van der Waals surface area (Å²) in [6.07, 6.45) is 2.21. The van der Waals surface area contributed by atoms with Crippen LogP contribution in [-0.4, -0.2) is 55.3 Å². The Morgan fingerprint density at radius 2 is 2.00 bits per heavy atom. The van der Waals surface area contributed by atoms with E-state index in [0.29, 0.717) is 18.7 Å². The standard InChI is InChI=1S/C27H29N5O3/c1-16(28-27(34)35)14-31-10-9-18-11-23-21(13-20(18)26(31)33)29-25(30(23)2)24-12-19-5-3-4-6-22(19)32(24)15-17-7-8-17/h3-6,11-13,16-17,28H,7-10,14-15H2,1-2H3,(H,34,35)/t16-/m1/s1. The number of carboxylic acid groups (broad SMARTS) is 1. The highest BCUT2D eigenvalue weighted by Crippen LogP contribution is 2.37. The lowest BCUT2D eigenvalue weighted by Crippen LogP contribution is -2.46. The number of imidazole rings is 1. The van der Waals surface area contributed by atoms with Crippen LogP contribution in [0, 0.1) is 5.92 Å². The van der Waals surface area contributed by atoms with Crippen molar-refractivity contribution in [3.05, 3.63) is 53.6 Å². The molecule has 8 heteroatoms. The van der Waals surface area contributed by atoms with Crippen LogP contribution in [-0.2, 0) is 20.0 Å². The molecule has 180 valence electrons. The molecule has 1 atom stereocenters. The van der Waals surface area contributed by atoms with Crippen molar-refractivity contribution in [2.75, 3.05) is 13.1 Å². The number of aromatic nitrogens is 3. The summed E-state index contributed by atoms with van der Waals surface area (Å²) in [7, 11) is 2.05. The molecule has 0 bridgehead atoms. The molecule has 2 aromatic carbocycles. The van der Waals surface area contributed by atoms with Gasteiger partial charge in [-0.2, -0.15) is 0 Å². The molecule has 2 aliphatic rings. The van der Waals surface area contributed by atoms with Crippen molar-refractivity contribution in [1.82, 2.24) is 24.3 Å². The third-order valence-corrected chi connectivity index (χ3v) is 7.32. The van der Waals surface area contributed by atoms with Crippen LogP contribution in [0.4, 0.5) is 4.79 Å². The number of fused-ring (bicyclic) bond motifs is 3. The average Bonchev–Trinajstić information content (AvgIpc) is 3.50. The monoisotopic (exact) mass is 471 g/mol. The molecule has 6 rings (SSSR count). The van der Waals surface area contributed by atoms with Gasteiger partial charge in [0.1, 0.15) is 0 Å². The SMILES string of the molecule is C[C@H](CN1CCc2cc3c(cc2C1=O)nc(-c1cc2ccccc2n1CC1CC1)n3C)NC(=O)O. The second-order valence-corrected chi connectivity index (χ2v) is 9.99. The van der Waals surface area contributed by atoms with Crippen LogP contribution in [0.15, 0.2) is 42.5 Å². The highest BCUT2D eigenvalue weighted by Gasteiger charge is 2.29. The van der Waals surface area contributed by atoms with E-state index in [4.69, 9.17) is 10.1 Å². The minimum absolute atomic E-state index is 0.0674. The van der Waals surface area contributed by atoms with Gasteiger partial charge in [-0.1, -0.05) is 18.2 Å². The average molecular weight is 472 g/mol.